The fraction of sp³-hybridized carbons (Fsp3) is 0.133. The van der Waals surface area contributed by atoms with Crippen molar-refractivity contribution in [1.82, 2.24) is 4.98 Å². The molecule has 0 bridgehead atoms. The van der Waals surface area contributed by atoms with E-state index in [0.29, 0.717) is 28.0 Å². The predicted octanol–water partition coefficient (Wildman–Crippen LogP) is 3.27. The van der Waals surface area contributed by atoms with E-state index in [4.69, 9.17) is 4.74 Å². The lowest BCUT2D eigenvalue weighted by atomic mass is 10.2. The number of carbonyl (C=O) groups is 2. The van der Waals surface area contributed by atoms with Gasteiger partial charge in [0.25, 0.3) is 5.91 Å². The van der Waals surface area contributed by atoms with Crippen molar-refractivity contribution in [1.29, 1.82) is 0 Å². The Morgan fingerprint density at radius 3 is 2.71 bits per heavy atom. The molecule has 6 heteroatoms. The first kappa shape index (κ1) is 15.2. The summed E-state index contributed by atoms with van der Waals surface area (Å²) in [5.74, 6) is -0.713. The summed E-state index contributed by atoms with van der Waals surface area (Å²) in [6, 6.07) is 9.93. The lowest BCUT2D eigenvalue weighted by Crippen LogP contribution is -2.13. The molecule has 0 aliphatic rings. The van der Waals surface area contributed by atoms with Crippen molar-refractivity contribution in [2.45, 2.75) is 6.92 Å². The van der Waals surface area contributed by atoms with Crippen molar-refractivity contribution in [3.05, 3.63) is 58.3 Å². The number of hydrogen-bond donors (Lipinski definition) is 1. The van der Waals surface area contributed by atoms with Crippen LogP contribution < -0.4 is 5.32 Å². The summed E-state index contributed by atoms with van der Waals surface area (Å²) in [5.41, 5.74) is 1.34. The molecule has 0 saturated heterocycles. The van der Waals surface area contributed by atoms with Gasteiger partial charge in [-0.1, -0.05) is 6.07 Å². The van der Waals surface area contributed by atoms with Crippen LogP contribution in [0, 0.1) is 0 Å². The molecule has 0 fully saturated rings. The molecule has 1 heterocycles. The molecule has 21 heavy (non-hydrogen) atoms. The number of aromatic nitrogens is 1. The maximum Gasteiger partial charge on any atom is 0.338 e. The number of benzene rings is 1. The standard InChI is InChI=1S/C15H13BrN2O3/c1-2-21-15(20)10-4-3-5-12(8-10)18-14(19)11-6-7-13(16)17-9-11/h3-9H,2H2,1H3,(H,18,19). The van der Waals surface area contributed by atoms with Gasteiger partial charge in [0.1, 0.15) is 4.60 Å². The first-order valence-electron chi connectivity index (χ1n) is 6.30. The molecule has 1 aromatic heterocycles. The quantitative estimate of drug-likeness (QED) is 0.680. The molecule has 0 spiro atoms. The monoisotopic (exact) mass is 348 g/mol. The van der Waals surface area contributed by atoms with Crippen LogP contribution in [0.25, 0.3) is 0 Å². The van der Waals surface area contributed by atoms with Gasteiger partial charge in [-0.2, -0.15) is 0 Å². The number of anilines is 1. The number of hydrogen-bond acceptors (Lipinski definition) is 4. The molecule has 2 aromatic rings. The number of pyridine rings is 1. The average molecular weight is 349 g/mol. The van der Waals surface area contributed by atoms with Gasteiger partial charge >= 0.3 is 5.97 Å². The number of halogens is 1. The Bertz CT molecular complexity index is 656. The van der Waals surface area contributed by atoms with Crippen LogP contribution in [-0.2, 0) is 4.74 Å². The summed E-state index contributed by atoms with van der Waals surface area (Å²) in [4.78, 5) is 27.7. The molecule has 0 saturated carbocycles. The third-order valence-corrected chi connectivity index (χ3v) is 3.09. The van der Waals surface area contributed by atoms with Gasteiger partial charge < -0.3 is 10.1 Å². The molecular formula is C15H13BrN2O3. The van der Waals surface area contributed by atoms with Gasteiger partial charge in [0.05, 0.1) is 17.7 Å². The first-order chi connectivity index (χ1) is 10.1. The van der Waals surface area contributed by atoms with E-state index in [1.165, 1.54) is 6.20 Å². The summed E-state index contributed by atoms with van der Waals surface area (Å²) in [5, 5.41) is 2.71. The molecule has 0 atom stereocenters. The zero-order valence-electron chi connectivity index (χ0n) is 11.3. The number of amides is 1. The molecule has 0 unspecified atom stereocenters. The van der Waals surface area contributed by atoms with E-state index < -0.39 is 5.97 Å². The molecule has 0 radical (unpaired) electrons. The van der Waals surface area contributed by atoms with Crippen LogP contribution in [0.1, 0.15) is 27.6 Å². The van der Waals surface area contributed by atoms with Gasteiger partial charge in [0.15, 0.2) is 0 Å². The zero-order valence-corrected chi connectivity index (χ0v) is 12.9. The van der Waals surface area contributed by atoms with Crippen LogP contribution in [0.15, 0.2) is 47.2 Å². The number of carbonyl (C=O) groups excluding carboxylic acids is 2. The summed E-state index contributed by atoms with van der Waals surface area (Å²) in [6.45, 7) is 2.05. The van der Waals surface area contributed by atoms with Gasteiger partial charge in [0, 0.05) is 11.9 Å². The van der Waals surface area contributed by atoms with Crippen molar-refractivity contribution in [3.8, 4) is 0 Å². The number of nitrogens with zero attached hydrogens (tertiary/aromatic N) is 1. The summed E-state index contributed by atoms with van der Waals surface area (Å²) in [6.07, 6.45) is 1.47. The maximum absolute atomic E-state index is 12.0. The number of rotatable bonds is 4. The second-order valence-corrected chi connectivity index (χ2v) is 4.94. The largest absolute Gasteiger partial charge is 0.462 e. The topological polar surface area (TPSA) is 68.3 Å². The molecule has 1 aromatic carbocycles. The second-order valence-electron chi connectivity index (χ2n) is 4.12. The van der Waals surface area contributed by atoms with E-state index in [-0.39, 0.29) is 5.91 Å². The molecule has 0 aliphatic heterocycles. The highest BCUT2D eigenvalue weighted by molar-refractivity contribution is 9.10. The van der Waals surface area contributed by atoms with Crippen molar-refractivity contribution in [2.75, 3.05) is 11.9 Å². The van der Waals surface area contributed by atoms with Gasteiger partial charge in [-0.3, -0.25) is 4.79 Å². The van der Waals surface area contributed by atoms with Crippen LogP contribution in [0.2, 0.25) is 0 Å². The van der Waals surface area contributed by atoms with Crippen molar-refractivity contribution >= 4 is 33.5 Å². The van der Waals surface area contributed by atoms with Crippen molar-refractivity contribution in [3.63, 3.8) is 0 Å². The van der Waals surface area contributed by atoms with Crippen LogP contribution in [0.4, 0.5) is 5.69 Å². The molecule has 1 amide bonds. The minimum absolute atomic E-state index is 0.295. The highest BCUT2D eigenvalue weighted by Crippen LogP contribution is 2.14. The Morgan fingerprint density at radius 1 is 1.24 bits per heavy atom. The van der Waals surface area contributed by atoms with Gasteiger partial charge in [-0.15, -0.1) is 0 Å². The van der Waals surface area contributed by atoms with Crippen LogP contribution in [0.3, 0.4) is 0 Å². The average Bonchev–Trinajstić information content (AvgIpc) is 2.48. The molecule has 5 nitrogen and oxygen atoms in total. The first-order valence-corrected chi connectivity index (χ1v) is 7.09. The van der Waals surface area contributed by atoms with Gasteiger partial charge in [0.2, 0.25) is 0 Å². The van der Waals surface area contributed by atoms with Gasteiger partial charge in [-0.05, 0) is 53.2 Å². The molecule has 2 rings (SSSR count). The smallest absolute Gasteiger partial charge is 0.338 e. The normalized spacial score (nSPS) is 10.0. The highest BCUT2D eigenvalue weighted by atomic mass is 79.9. The Morgan fingerprint density at radius 2 is 2.05 bits per heavy atom. The van der Waals surface area contributed by atoms with E-state index in [1.54, 1.807) is 43.3 Å². The van der Waals surface area contributed by atoms with E-state index >= 15 is 0 Å². The van der Waals surface area contributed by atoms with Crippen molar-refractivity contribution in [2.24, 2.45) is 0 Å². The summed E-state index contributed by atoms with van der Waals surface area (Å²) in [7, 11) is 0. The molecular weight excluding hydrogens is 336 g/mol. The maximum atomic E-state index is 12.0. The predicted molar refractivity (Wildman–Crippen MR) is 82.3 cm³/mol. The number of ether oxygens (including phenoxy) is 1. The van der Waals surface area contributed by atoms with Crippen LogP contribution >= 0.6 is 15.9 Å². The van der Waals surface area contributed by atoms with E-state index in [1.807, 2.05) is 0 Å². The fourth-order valence-electron chi connectivity index (χ4n) is 1.65. The minimum Gasteiger partial charge on any atom is -0.462 e. The lowest BCUT2D eigenvalue weighted by Gasteiger charge is -2.07. The third kappa shape index (κ3) is 4.13. The number of nitrogens with one attached hydrogen (secondary N) is 1. The summed E-state index contributed by atoms with van der Waals surface area (Å²) < 4.78 is 5.57. The molecule has 1 N–H and O–H groups in total. The number of esters is 1. The van der Waals surface area contributed by atoms with E-state index in [2.05, 4.69) is 26.2 Å². The van der Waals surface area contributed by atoms with Gasteiger partial charge in [-0.25, -0.2) is 9.78 Å². The fourth-order valence-corrected chi connectivity index (χ4v) is 1.89. The Hall–Kier alpha value is -2.21. The Kier molecular flexibility index (Phi) is 5.05. The minimum atomic E-state index is -0.418. The highest BCUT2D eigenvalue weighted by Gasteiger charge is 2.10. The molecule has 0 aliphatic carbocycles. The second kappa shape index (κ2) is 6.99. The van der Waals surface area contributed by atoms with Crippen LogP contribution in [0.5, 0.6) is 0 Å². The zero-order chi connectivity index (χ0) is 15.2. The van der Waals surface area contributed by atoms with E-state index in [9.17, 15) is 9.59 Å². The van der Waals surface area contributed by atoms with Crippen LogP contribution in [-0.4, -0.2) is 23.5 Å². The molecule has 108 valence electrons. The lowest BCUT2D eigenvalue weighted by molar-refractivity contribution is 0.0526. The van der Waals surface area contributed by atoms with Crippen molar-refractivity contribution < 1.29 is 14.3 Å². The SMILES string of the molecule is CCOC(=O)c1cccc(NC(=O)c2ccc(Br)nc2)c1. The Labute approximate surface area is 130 Å². The Balaban J connectivity index is 2.12. The third-order valence-electron chi connectivity index (χ3n) is 2.62. The summed E-state index contributed by atoms with van der Waals surface area (Å²) >= 11 is 3.21. The van der Waals surface area contributed by atoms with E-state index in [0.717, 1.165) is 0 Å².